The maximum atomic E-state index is 9.28. The predicted octanol–water partition coefficient (Wildman–Crippen LogP) is 13.5. The molecule has 0 spiro atoms. The van der Waals surface area contributed by atoms with Crippen LogP contribution in [-0.4, -0.2) is 9.13 Å². The van der Waals surface area contributed by atoms with Crippen LogP contribution < -0.4 is 0 Å². The molecule has 10 aromatic rings. The molecule has 0 aliphatic heterocycles. The summed E-state index contributed by atoms with van der Waals surface area (Å²) in [5.41, 5.74) is 10.5. The molecule has 1 aliphatic rings. The van der Waals surface area contributed by atoms with Crippen LogP contribution in [0.4, 0.5) is 0 Å². The van der Waals surface area contributed by atoms with E-state index in [1.165, 1.54) is 0 Å². The second-order valence-corrected chi connectivity index (χ2v) is 14.3. The summed E-state index contributed by atoms with van der Waals surface area (Å²) in [5.74, 6) is 0. The summed E-state index contributed by atoms with van der Waals surface area (Å²) in [7, 11) is 0. The van der Waals surface area contributed by atoms with E-state index in [-0.39, 0.29) is 41.8 Å². The Balaban J connectivity index is 1.15. The Bertz CT molecular complexity index is 3570. The van der Waals surface area contributed by atoms with E-state index in [0.717, 1.165) is 60.9 Å². The van der Waals surface area contributed by atoms with E-state index in [4.69, 9.17) is 9.60 Å². The summed E-state index contributed by atoms with van der Waals surface area (Å²) in [6.07, 6.45) is 0. The summed E-state index contributed by atoms with van der Waals surface area (Å²) in [4.78, 5) is 0. The third kappa shape index (κ3) is 4.33. The molecular weight excluding hydrogens is 641 g/mol. The van der Waals surface area contributed by atoms with Gasteiger partial charge in [-0.2, -0.15) is 0 Å². The molecule has 0 unspecified atom stereocenters. The molecule has 1 aliphatic carbocycles. The van der Waals surface area contributed by atoms with E-state index >= 15 is 0 Å². The lowest BCUT2D eigenvalue weighted by Gasteiger charge is -2.22. The van der Waals surface area contributed by atoms with Gasteiger partial charge in [-0.25, -0.2) is 0 Å². The van der Waals surface area contributed by atoms with Crippen molar-refractivity contribution in [3.05, 3.63) is 193 Å². The van der Waals surface area contributed by atoms with Gasteiger partial charge in [-0.3, -0.25) is 0 Å². The second kappa shape index (κ2) is 11.2. The quantitative estimate of drug-likeness (QED) is 0.174. The van der Waals surface area contributed by atoms with Crippen LogP contribution in [-0.2, 0) is 5.41 Å². The number of hydrogen-bond acceptors (Lipinski definition) is 0. The molecule has 2 heterocycles. The van der Waals surface area contributed by atoms with Crippen molar-refractivity contribution in [2.75, 3.05) is 0 Å². The van der Waals surface area contributed by atoms with Crippen molar-refractivity contribution in [1.82, 2.24) is 9.13 Å². The second-order valence-electron chi connectivity index (χ2n) is 14.3. The maximum absolute atomic E-state index is 9.28. The Kier molecular flexibility index (Phi) is 4.71. The summed E-state index contributed by atoms with van der Waals surface area (Å²) in [6, 6.07) is 40.1. The van der Waals surface area contributed by atoms with E-state index in [1.807, 2.05) is 83.4 Å². The maximum Gasteiger partial charge on any atom is 0.0645 e. The molecule has 0 fully saturated rings. The molecule has 0 saturated carbocycles. The minimum Gasteiger partial charge on any atom is -0.309 e. The first-order valence-electron chi connectivity index (χ1n) is 22.3. The number of benzene rings is 8. The Labute approximate surface area is 321 Å². The largest absolute Gasteiger partial charge is 0.309 e. The fourth-order valence-corrected chi connectivity index (χ4v) is 8.70. The van der Waals surface area contributed by atoms with Crippen molar-refractivity contribution in [1.29, 1.82) is 0 Å². The lowest BCUT2D eigenvalue weighted by Crippen LogP contribution is -2.15. The normalized spacial score (nSPS) is 15.6. The highest BCUT2D eigenvalue weighted by atomic mass is 15.0. The number of nitrogens with zero attached hydrogens (tertiary/aromatic N) is 2. The smallest absolute Gasteiger partial charge is 0.0645 e. The van der Waals surface area contributed by atoms with Gasteiger partial charge in [0.25, 0.3) is 0 Å². The SMILES string of the molecule is [2H]c1c([2H])c([2H])c(-c2cccc3c2-c2cc(-n4c5ccc(-c6ccc7c(c6)c6ccccc6n7-c6ccccc6)cc5c5c([2H])c([2H])c([2H])c([2H])c54)ccc2C3(C)C)c([2H])c1[2H]. The van der Waals surface area contributed by atoms with E-state index in [0.29, 0.717) is 33.1 Å². The molecular formula is C51H36N2. The van der Waals surface area contributed by atoms with Gasteiger partial charge in [0, 0.05) is 38.3 Å². The molecule has 2 heteroatoms. The van der Waals surface area contributed by atoms with Gasteiger partial charge in [-0.15, -0.1) is 0 Å². The topological polar surface area (TPSA) is 9.86 Å². The Morgan fingerprint density at radius 2 is 1.08 bits per heavy atom. The standard InChI is InChI=1S/C51H36N2/c1-51(2)44-27-26-37(32-43(44)50-38(20-13-21-45(50)51)33-14-5-3-6-15-33)53-47-23-12-10-19-40(47)42-31-35(25-29-49(42)53)34-24-28-48-41(30-34)39-18-9-11-22-46(39)52(48)36-16-7-4-8-17-36/h3-32H,1-2H3/i3D,5D,6D,10D,12D,14D,15D,19D,23D. The van der Waals surface area contributed by atoms with Crippen LogP contribution in [0.3, 0.4) is 0 Å². The van der Waals surface area contributed by atoms with Crippen molar-refractivity contribution in [2.24, 2.45) is 0 Å². The van der Waals surface area contributed by atoms with Crippen LogP contribution in [0.1, 0.15) is 37.3 Å². The monoisotopic (exact) mass is 685 g/mol. The van der Waals surface area contributed by atoms with Gasteiger partial charge in [-0.05, 0) is 105 Å². The number of rotatable bonds is 4. The van der Waals surface area contributed by atoms with E-state index in [1.54, 1.807) is 6.07 Å². The van der Waals surface area contributed by atoms with Gasteiger partial charge < -0.3 is 9.13 Å². The first-order valence-corrected chi connectivity index (χ1v) is 17.8. The van der Waals surface area contributed by atoms with Crippen LogP contribution in [0.15, 0.2) is 182 Å². The average Bonchev–Trinajstić information content (AvgIpc) is 3.89. The molecule has 0 amide bonds. The van der Waals surface area contributed by atoms with E-state index in [2.05, 4.69) is 60.9 Å². The fraction of sp³-hybridized carbons (Fsp3) is 0.0588. The lowest BCUT2D eigenvalue weighted by molar-refractivity contribution is 0.660. The highest BCUT2D eigenvalue weighted by molar-refractivity contribution is 6.13. The zero-order chi connectivity index (χ0) is 43.1. The first-order chi connectivity index (χ1) is 29.8. The van der Waals surface area contributed by atoms with Crippen molar-refractivity contribution in [3.63, 3.8) is 0 Å². The number of fused-ring (bicyclic) bond motifs is 9. The molecule has 0 radical (unpaired) electrons. The highest BCUT2D eigenvalue weighted by Crippen LogP contribution is 2.53. The predicted molar refractivity (Wildman–Crippen MR) is 224 cm³/mol. The van der Waals surface area contributed by atoms with Gasteiger partial charge in [0.1, 0.15) is 0 Å². The zero-order valence-corrected chi connectivity index (χ0v) is 29.0. The number of hydrogen-bond donors (Lipinski definition) is 0. The molecule has 11 rings (SSSR count). The van der Waals surface area contributed by atoms with Crippen molar-refractivity contribution in [3.8, 4) is 44.8 Å². The molecule has 2 aromatic heterocycles. The molecule has 250 valence electrons. The molecule has 0 bridgehead atoms. The Morgan fingerprint density at radius 1 is 0.415 bits per heavy atom. The minimum atomic E-state index is -0.500. The molecule has 2 nitrogen and oxygen atoms in total. The van der Waals surface area contributed by atoms with E-state index in [9.17, 15) is 2.74 Å². The van der Waals surface area contributed by atoms with Crippen LogP contribution in [0, 0.1) is 0 Å². The summed E-state index contributed by atoms with van der Waals surface area (Å²) < 4.78 is 83.1. The molecule has 0 N–H and O–H groups in total. The average molecular weight is 686 g/mol. The Morgan fingerprint density at radius 3 is 1.87 bits per heavy atom. The highest BCUT2D eigenvalue weighted by Gasteiger charge is 2.37. The summed E-state index contributed by atoms with van der Waals surface area (Å²) in [6.45, 7) is 4.22. The van der Waals surface area contributed by atoms with Crippen LogP contribution in [0.2, 0.25) is 0 Å². The zero-order valence-electron chi connectivity index (χ0n) is 38.0. The van der Waals surface area contributed by atoms with Gasteiger partial charge in [-0.1, -0.05) is 135 Å². The van der Waals surface area contributed by atoms with Gasteiger partial charge in [0.15, 0.2) is 0 Å². The number of aromatic nitrogens is 2. The van der Waals surface area contributed by atoms with Crippen molar-refractivity contribution < 1.29 is 12.3 Å². The van der Waals surface area contributed by atoms with E-state index < -0.39 is 23.5 Å². The lowest BCUT2D eigenvalue weighted by atomic mass is 9.82. The summed E-state index contributed by atoms with van der Waals surface area (Å²) in [5, 5.41) is 3.31. The molecule has 53 heavy (non-hydrogen) atoms. The van der Waals surface area contributed by atoms with Gasteiger partial charge >= 0.3 is 0 Å². The van der Waals surface area contributed by atoms with Gasteiger partial charge in [0.05, 0.1) is 34.4 Å². The minimum absolute atomic E-state index is 0.126. The van der Waals surface area contributed by atoms with Crippen molar-refractivity contribution in [2.45, 2.75) is 19.3 Å². The molecule has 8 aromatic carbocycles. The van der Waals surface area contributed by atoms with Crippen LogP contribution in [0.5, 0.6) is 0 Å². The van der Waals surface area contributed by atoms with Gasteiger partial charge in [0.2, 0.25) is 0 Å². The fourth-order valence-electron chi connectivity index (χ4n) is 8.70. The van der Waals surface area contributed by atoms with Crippen LogP contribution >= 0.6 is 0 Å². The van der Waals surface area contributed by atoms with Crippen molar-refractivity contribution >= 4 is 43.6 Å². The molecule has 0 atom stereocenters. The third-order valence-corrected chi connectivity index (χ3v) is 11.1. The number of para-hydroxylation sites is 3. The Hall–Kier alpha value is -6.64. The third-order valence-electron chi connectivity index (χ3n) is 11.1. The summed E-state index contributed by atoms with van der Waals surface area (Å²) >= 11 is 0. The first kappa shape index (κ1) is 22.3. The molecule has 0 saturated heterocycles. The van der Waals surface area contributed by atoms with Crippen LogP contribution in [0.25, 0.3) is 88.4 Å².